The van der Waals surface area contributed by atoms with E-state index < -0.39 is 0 Å². The Morgan fingerprint density at radius 3 is 2.40 bits per heavy atom. The van der Waals surface area contributed by atoms with Crippen LogP contribution in [0.2, 0.25) is 0 Å². The SMILES string of the molecule is CC(=O)OCC1CC(OCc2ccccc2)C(NCC(=O)c2ccccc2)[C@@H](C)O1. The second-order valence-corrected chi connectivity index (χ2v) is 7.53. The molecule has 0 saturated carbocycles. The van der Waals surface area contributed by atoms with Crippen molar-refractivity contribution in [3.05, 3.63) is 71.8 Å². The Hall–Kier alpha value is -2.54. The topological polar surface area (TPSA) is 73.9 Å². The lowest BCUT2D eigenvalue weighted by Crippen LogP contribution is -2.57. The number of hydrogen-bond acceptors (Lipinski definition) is 6. The van der Waals surface area contributed by atoms with Crippen molar-refractivity contribution in [3.8, 4) is 0 Å². The van der Waals surface area contributed by atoms with Gasteiger partial charge < -0.3 is 19.5 Å². The van der Waals surface area contributed by atoms with Gasteiger partial charge in [-0.05, 0) is 12.5 Å². The van der Waals surface area contributed by atoms with Crippen LogP contribution < -0.4 is 5.32 Å². The molecule has 4 atom stereocenters. The quantitative estimate of drug-likeness (QED) is 0.505. The van der Waals surface area contributed by atoms with Crippen LogP contribution in [0.25, 0.3) is 0 Å². The molecule has 1 saturated heterocycles. The first-order valence-corrected chi connectivity index (χ1v) is 10.3. The number of ketones is 1. The first kappa shape index (κ1) is 22.2. The van der Waals surface area contributed by atoms with Crippen molar-refractivity contribution in [1.29, 1.82) is 0 Å². The monoisotopic (exact) mass is 411 g/mol. The van der Waals surface area contributed by atoms with Crippen molar-refractivity contribution in [2.75, 3.05) is 13.2 Å². The summed E-state index contributed by atoms with van der Waals surface area (Å²) in [6.07, 6.45) is -0.0592. The standard InChI is InChI=1S/C24H29NO5/c1-17-24(25-14-22(27)20-11-7-4-8-12-20)23(13-21(30-17)16-28-18(2)26)29-15-19-9-5-3-6-10-19/h3-12,17,21,23-25H,13-16H2,1-2H3/t17-,21?,23?,24?/m1/s1. The zero-order valence-corrected chi connectivity index (χ0v) is 17.5. The fourth-order valence-corrected chi connectivity index (χ4v) is 3.65. The summed E-state index contributed by atoms with van der Waals surface area (Å²) in [6.45, 7) is 4.19. The fraction of sp³-hybridized carbons (Fsp3) is 0.417. The minimum Gasteiger partial charge on any atom is -0.463 e. The molecule has 1 fully saturated rings. The molecule has 0 radical (unpaired) electrons. The first-order valence-electron chi connectivity index (χ1n) is 10.3. The lowest BCUT2D eigenvalue weighted by atomic mass is 9.95. The highest BCUT2D eigenvalue weighted by molar-refractivity contribution is 5.97. The molecule has 1 aliphatic rings. The highest BCUT2D eigenvalue weighted by Crippen LogP contribution is 2.24. The average Bonchev–Trinajstić information content (AvgIpc) is 2.76. The van der Waals surface area contributed by atoms with E-state index in [2.05, 4.69) is 5.32 Å². The Kier molecular flexibility index (Phi) is 8.13. The molecule has 30 heavy (non-hydrogen) atoms. The van der Waals surface area contributed by atoms with Crippen molar-refractivity contribution in [2.45, 2.75) is 51.2 Å². The van der Waals surface area contributed by atoms with Crippen molar-refractivity contribution in [3.63, 3.8) is 0 Å². The molecular weight excluding hydrogens is 382 g/mol. The summed E-state index contributed by atoms with van der Waals surface area (Å²) in [5.41, 5.74) is 1.75. The number of rotatable bonds is 9. The summed E-state index contributed by atoms with van der Waals surface area (Å²) < 4.78 is 17.4. The van der Waals surface area contributed by atoms with Gasteiger partial charge in [-0.3, -0.25) is 9.59 Å². The maximum absolute atomic E-state index is 12.5. The normalized spacial score (nSPS) is 23.7. The summed E-state index contributed by atoms with van der Waals surface area (Å²) in [6, 6.07) is 19.0. The van der Waals surface area contributed by atoms with Gasteiger partial charge in [-0.25, -0.2) is 0 Å². The third-order valence-electron chi connectivity index (χ3n) is 5.18. The van der Waals surface area contributed by atoms with E-state index in [4.69, 9.17) is 14.2 Å². The lowest BCUT2D eigenvalue weighted by molar-refractivity contribution is -0.164. The van der Waals surface area contributed by atoms with Crippen LogP contribution in [0.15, 0.2) is 60.7 Å². The largest absolute Gasteiger partial charge is 0.463 e. The van der Waals surface area contributed by atoms with E-state index in [1.807, 2.05) is 67.6 Å². The minimum atomic E-state index is -0.332. The van der Waals surface area contributed by atoms with E-state index in [0.717, 1.165) is 5.56 Å². The van der Waals surface area contributed by atoms with Crippen LogP contribution in [-0.4, -0.2) is 49.3 Å². The van der Waals surface area contributed by atoms with Crippen LogP contribution in [0.5, 0.6) is 0 Å². The number of nitrogens with one attached hydrogen (secondary N) is 1. The molecule has 6 nitrogen and oxygen atoms in total. The van der Waals surface area contributed by atoms with Gasteiger partial charge in [0, 0.05) is 18.9 Å². The Morgan fingerprint density at radius 1 is 1.07 bits per heavy atom. The molecule has 6 heteroatoms. The minimum absolute atomic E-state index is 0.0200. The fourth-order valence-electron chi connectivity index (χ4n) is 3.65. The predicted molar refractivity (Wildman–Crippen MR) is 113 cm³/mol. The molecule has 2 aromatic rings. The summed E-state index contributed by atoms with van der Waals surface area (Å²) in [7, 11) is 0. The highest BCUT2D eigenvalue weighted by atomic mass is 16.6. The van der Waals surface area contributed by atoms with E-state index >= 15 is 0 Å². The summed E-state index contributed by atoms with van der Waals surface area (Å²) in [5, 5.41) is 3.33. The molecule has 1 N–H and O–H groups in total. The zero-order valence-electron chi connectivity index (χ0n) is 17.5. The van der Waals surface area contributed by atoms with Crippen LogP contribution in [0.1, 0.15) is 36.2 Å². The van der Waals surface area contributed by atoms with Gasteiger partial charge >= 0.3 is 5.97 Å². The number of esters is 1. The van der Waals surface area contributed by atoms with Gasteiger partial charge in [0.15, 0.2) is 5.78 Å². The molecule has 0 amide bonds. The second-order valence-electron chi connectivity index (χ2n) is 7.53. The van der Waals surface area contributed by atoms with Crippen LogP contribution in [-0.2, 0) is 25.6 Å². The molecule has 3 unspecified atom stereocenters. The van der Waals surface area contributed by atoms with Gasteiger partial charge in [0.05, 0.1) is 37.5 Å². The average molecular weight is 411 g/mol. The molecule has 3 rings (SSSR count). The molecule has 0 aliphatic carbocycles. The van der Waals surface area contributed by atoms with Gasteiger partial charge in [-0.2, -0.15) is 0 Å². The first-order chi connectivity index (χ1) is 14.5. The maximum Gasteiger partial charge on any atom is 0.302 e. The Labute approximate surface area is 177 Å². The zero-order chi connectivity index (χ0) is 21.3. The summed E-state index contributed by atoms with van der Waals surface area (Å²) in [5.74, 6) is -0.312. The third kappa shape index (κ3) is 6.49. The molecule has 160 valence electrons. The van der Waals surface area contributed by atoms with Crippen molar-refractivity contribution in [1.82, 2.24) is 5.32 Å². The third-order valence-corrected chi connectivity index (χ3v) is 5.18. The smallest absolute Gasteiger partial charge is 0.302 e. The predicted octanol–water partition coefficient (Wildman–Crippen LogP) is 3.15. The number of hydrogen-bond donors (Lipinski definition) is 1. The van der Waals surface area contributed by atoms with Crippen molar-refractivity contribution < 1.29 is 23.8 Å². The number of benzene rings is 2. The Morgan fingerprint density at radius 2 is 1.73 bits per heavy atom. The molecular formula is C24H29NO5. The second kappa shape index (κ2) is 11.0. The van der Waals surface area contributed by atoms with Crippen LogP contribution in [0.3, 0.4) is 0 Å². The van der Waals surface area contributed by atoms with E-state index in [-0.39, 0.29) is 49.3 Å². The van der Waals surface area contributed by atoms with E-state index in [9.17, 15) is 9.59 Å². The van der Waals surface area contributed by atoms with Crippen molar-refractivity contribution in [2.24, 2.45) is 0 Å². The van der Waals surface area contributed by atoms with Gasteiger partial charge in [0.1, 0.15) is 6.61 Å². The van der Waals surface area contributed by atoms with Crippen LogP contribution in [0.4, 0.5) is 0 Å². The molecule has 1 aliphatic heterocycles. The van der Waals surface area contributed by atoms with Crippen molar-refractivity contribution >= 4 is 11.8 Å². The Bertz CT molecular complexity index is 811. The van der Waals surface area contributed by atoms with E-state index in [1.165, 1.54) is 6.92 Å². The highest BCUT2D eigenvalue weighted by Gasteiger charge is 2.37. The summed E-state index contributed by atoms with van der Waals surface area (Å²) >= 11 is 0. The van der Waals surface area contributed by atoms with Gasteiger partial charge in [0.2, 0.25) is 0 Å². The molecule has 1 heterocycles. The molecule has 0 bridgehead atoms. The van der Waals surface area contributed by atoms with Crippen LogP contribution >= 0.6 is 0 Å². The van der Waals surface area contributed by atoms with Gasteiger partial charge in [-0.1, -0.05) is 60.7 Å². The number of ether oxygens (including phenoxy) is 3. The molecule has 2 aromatic carbocycles. The van der Waals surface area contributed by atoms with Gasteiger partial charge in [-0.15, -0.1) is 0 Å². The number of Topliss-reactive ketones (excluding diaryl/α,β-unsaturated/α-hetero) is 1. The Balaban J connectivity index is 1.64. The van der Waals surface area contributed by atoms with Gasteiger partial charge in [0.25, 0.3) is 0 Å². The maximum atomic E-state index is 12.5. The van der Waals surface area contributed by atoms with Crippen LogP contribution in [0, 0.1) is 0 Å². The summed E-state index contributed by atoms with van der Waals surface area (Å²) in [4.78, 5) is 23.7. The molecule has 0 aromatic heterocycles. The number of carbonyl (C=O) groups is 2. The van der Waals surface area contributed by atoms with E-state index in [0.29, 0.717) is 18.6 Å². The molecule has 0 spiro atoms. The van der Waals surface area contributed by atoms with E-state index in [1.54, 1.807) is 0 Å². The number of carbonyl (C=O) groups excluding carboxylic acids is 2. The lowest BCUT2D eigenvalue weighted by Gasteiger charge is -2.40.